The van der Waals surface area contributed by atoms with Crippen molar-refractivity contribution in [2.24, 2.45) is 0 Å². The van der Waals surface area contributed by atoms with E-state index in [2.05, 4.69) is 9.47 Å². The lowest BCUT2D eigenvalue weighted by Crippen LogP contribution is -2.44. The van der Waals surface area contributed by atoms with Crippen LogP contribution in [0.5, 0.6) is 11.5 Å². The molecule has 4 rings (SSSR count). The molecule has 1 aliphatic rings. The monoisotopic (exact) mass is 564 g/mol. The van der Waals surface area contributed by atoms with Crippen LogP contribution in [0.4, 0.5) is 50.9 Å². The molecule has 0 saturated carbocycles. The first kappa shape index (κ1) is 28.2. The molecule has 0 spiro atoms. The molecule has 0 unspecified atom stereocenters. The number of rotatable bonds is 7. The number of hydrogen-bond acceptors (Lipinski definition) is 4. The van der Waals surface area contributed by atoms with Crippen molar-refractivity contribution in [1.82, 2.24) is 0 Å². The summed E-state index contributed by atoms with van der Waals surface area (Å²) < 4.78 is 124. The molecule has 210 valence electrons. The summed E-state index contributed by atoms with van der Waals surface area (Å²) in [5.74, 6) is -0.969. The molecule has 1 aliphatic heterocycles. The van der Waals surface area contributed by atoms with E-state index in [0.717, 1.165) is 18.2 Å². The summed E-state index contributed by atoms with van der Waals surface area (Å²) in [4.78, 5) is 3.21. The maximum absolute atomic E-state index is 13.2. The summed E-state index contributed by atoms with van der Waals surface area (Å²) in [7, 11) is 0. The number of para-hydroxylation sites is 2. The summed E-state index contributed by atoms with van der Waals surface area (Å²) in [5.41, 5.74) is 1.60. The molecule has 4 nitrogen and oxygen atoms in total. The number of fused-ring (bicyclic) bond motifs is 1. The van der Waals surface area contributed by atoms with Crippen LogP contribution in [0.1, 0.15) is 23.6 Å². The summed E-state index contributed by atoms with van der Waals surface area (Å²) >= 11 is 0. The van der Waals surface area contributed by atoms with E-state index < -0.39 is 49.4 Å². The highest BCUT2D eigenvalue weighted by Gasteiger charge is 2.37. The molecule has 0 N–H and O–H groups in total. The summed E-state index contributed by atoms with van der Waals surface area (Å²) in [6.45, 7) is -0.401. The molecule has 1 atom stereocenters. The lowest BCUT2D eigenvalue weighted by molar-refractivity contribution is -0.275. The maximum Gasteiger partial charge on any atom is 0.573 e. The van der Waals surface area contributed by atoms with E-state index in [1.165, 1.54) is 29.2 Å². The average Bonchev–Trinajstić information content (AvgIpc) is 2.81. The lowest BCUT2D eigenvalue weighted by atomic mass is 9.98. The SMILES string of the molecule is FC(F)(F)CCN1c2ccccc2N(Cc2cccc(OC(F)(F)F)c2)C[C@H]1c1cccc(OC(F)(F)F)c1. The van der Waals surface area contributed by atoms with Gasteiger partial charge in [-0.05, 0) is 47.5 Å². The Morgan fingerprint density at radius 2 is 1.28 bits per heavy atom. The van der Waals surface area contributed by atoms with E-state index in [1.807, 2.05) is 0 Å². The zero-order valence-electron chi connectivity index (χ0n) is 19.9. The number of benzene rings is 3. The third kappa shape index (κ3) is 7.87. The molecule has 0 aliphatic carbocycles. The van der Waals surface area contributed by atoms with Crippen molar-refractivity contribution in [2.45, 2.75) is 37.9 Å². The summed E-state index contributed by atoms with van der Waals surface area (Å²) in [6, 6.07) is 15.9. The van der Waals surface area contributed by atoms with Crippen LogP contribution in [-0.2, 0) is 6.54 Å². The fourth-order valence-electron chi connectivity index (χ4n) is 4.49. The molecule has 0 amide bonds. The van der Waals surface area contributed by atoms with Crippen molar-refractivity contribution in [1.29, 1.82) is 0 Å². The summed E-state index contributed by atoms with van der Waals surface area (Å²) in [6.07, 6.45) is -15.5. The summed E-state index contributed by atoms with van der Waals surface area (Å²) in [5, 5.41) is 0. The number of nitrogens with zero attached hydrogens (tertiary/aromatic N) is 2. The first-order valence-corrected chi connectivity index (χ1v) is 11.5. The average molecular weight is 564 g/mol. The van der Waals surface area contributed by atoms with Crippen LogP contribution in [0.2, 0.25) is 0 Å². The Morgan fingerprint density at radius 1 is 0.692 bits per heavy atom. The van der Waals surface area contributed by atoms with Crippen LogP contribution < -0.4 is 19.3 Å². The van der Waals surface area contributed by atoms with Crippen LogP contribution >= 0.6 is 0 Å². The molecule has 39 heavy (non-hydrogen) atoms. The molecule has 13 heteroatoms. The number of anilines is 2. The molecule has 0 saturated heterocycles. The minimum absolute atomic E-state index is 0.0225. The zero-order chi connectivity index (χ0) is 28.4. The Bertz CT molecular complexity index is 1280. The topological polar surface area (TPSA) is 24.9 Å². The largest absolute Gasteiger partial charge is 0.573 e. The van der Waals surface area contributed by atoms with Crippen molar-refractivity contribution < 1.29 is 49.0 Å². The van der Waals surface area contributed by atoms with Gasteiger partial charge in [-0.25, -0.2) is 0 Å². The zero-order valence-corrected chi connectivity index (χ0v) is 19.9. The van der Waals surface area contributed by atoms with Crippen molar-refractivity contribution in [2.75, 3.05) is 22.9 Å². The molecule has 3 aromatic carbocycles. The van der Waals surface area contributed by atoms with E-state index in [4.69, 9.17) is 0 Å². The maximum atomic E-state index is 13.2. The highest BCUT2D eigenvalue weighted by molar-refractivity contribution is 5.74. The normalized spacial score (nSPS) is 16.2. The highest BCUT2D eigenvalue weighted by atomic mass is 19.4. The Balaban J connectivity index is 1.72. The molecular formula is C26H21F9N2O2. The van der Waals surface area contributed by atoms with Gasteiger partial charge in [0.25, 0.3) is 0 Å². The highest BCUT2D eigenvalue weighted by Crippen LogP contribution is 2.43. The number of alkyl halides is 9. The number of ether oxygens (including phenoxy) is 2. The Labute approximate surface area is 217 Å². The fourth-order valence-corrected chi connectivity index (χ4v) is 4.49. The molecule has 0 aromatic heterocycles. The van der Waals surface area contributed by atoms with Gasteiger partial charge in [0, 0.05) is 19.6 Å². The quantitative estimate of drug-likeness (QED) is 0.272. The Hall–Kier alpha value is -3.77. The first-order valence-electron chi connectivity index (χ1n) is 11.5. The van der Waals surface area contributed by atoms with Gasteiger partial charge >= 0.3 is 18.9 Å². The van der Waals surface area contributed by atoms with Crippen LogP contribution in [0.3, 0.4) is 0 Å². The van der Waals surface area contributed by atoms with Gasteiger partial charge < -0.3 is 19.3 Å². The fraction of sp³-hybridized carbons (Fsp3) is 0.308. The van der Waals surface area contributed by atoms with Gasteiger partial charge in [-0.15, -0.1) is 26.3 Å². The van der Waals surface area contributed by atoms with Gasteiger partial charge in [-0.2, -0.15) is 13.2 Å². The third-order valence-corrected chi connectivity index (χ3v) is 5.92. The molecule has 3 aromatic rings. The van der Waals surface area contributed by atoms with Gasteiger partial charge in [-0.1, -0.05) is 36.4 Å². The molecule has 0 fully saturated rings. The third-order valence-electron chi connectivity index (χ3n) is 5.92. The van der Waals surface area contributed by atoms with Gasteiger partial charge in [-0.3, -0.25) is 0 Å². The van der Waals surface area contributed by atoms with Gasteiger partial charge in [0.1, 0.15) is 11.5 Å². The number of halogens is 9. The molecule has 0 radical (unpaired) electrons. The number of hydrogen-bond donors (Lipinski definition) is 0. The minimum atomic E-state index is -4.97. The van der Waals surface area contributed by atoms with Gasteiger partial charge in [0.15, 0.2) is 0 Å². The molecular weight excluding hydrogens is 543 g/mol. The first-order chi connectivity index (χ1) is 18.2. The predicted octanol–water partition coefficient (Wildman–Crippen LogP) is 8.00. The standard InChI is InChI=1S/C26H21F9N2O2/c27-24(28,29)11-12-37-22-10-2-1-9-21(22)36(15-17-5-3-7-19(13-17)38-25(30,31)32)16-23(37)18-6-4-8-20(14-18)39-26(33,34)35/h1-10,13-14,23H,11-12,15-16H2/t23-/m0/s1. The van der Waals surface area contributed by atoms with E-state index in [0.29, 0.717) is 16.9 Å². The van der Waals surface area contributed by atoms with Crippen molar-refractivity contribution in [3.8, 4) is 11.5 Å². The van der Waals surface area contributed by atoms with Crippen molar-refractivity contribution in [3.05, 3.63) is 83.9 Å². The van der Waals surface area contributed by atoms with E-state index in [-0.39, 0.29) is 18.7 Å². The Kier molecular flexibility index (Phi) is 7.80. The van der Waals surface area contributed by atoms with E-state index in [1.54, 1.807) is 35.2 Å². The second-order valence-corrected chi connectivity index (χ2v) is 8.76. The second-order valence-electron chi connectivity index (χ2n) is 8.76. The van der Waals surface area contributed by atoms with Crippen LogP contribution in [0.15, 0.2) is 72.8 Å². The van der Waals surface area contributed by atoms with E-state index >= 15 is 0 Å². The molecule has 1 heterocycles. The van der Waals surface area contributed by atoms with Crippen LogP contribution in [0, 0.1) is 0 Å². The predicted molar refractivity (Wildman–Crippen MR) is 125 cm³/mol. The van der Waals surface area contributed by atoms with Crippen molar-refractivity contribution >= 4 is 11.4 Å². The van der Waals surface area contributed by atoms with Gasteiger partial charge in [0.05, 0.1) is 23.8 Å². The van der Waals surface area contributed by atoms with Gasteiger partial charge in [0.2, 0.25) is 0 Å². The van der Waals surface area contributed by atoms with E-state index in [9.17, 15) is 39.5 Å². The van der Waals surface area contributed by atoms with Crippen LogP contribution in [0.25, 0.3) is 0 Å². The lowest BCUT2D eigenvalue weighted by Gasteiger charge is -2.45. The second kappa shape index (κ2) is 10.8. The minimum Gasteiger partial charge on any atom is -0.406 e. The smallest absolute Gasteiger partial charge is 0.406 e. The van der Waals surface area contributed by atoms with Crippen LogP contribution in [-0.4, -0.2) is 32.0 Å². The van der Waals surface area contributed by atoms with Crippen molar-refractivity contribution in [3.63, 3.8) is 0 Å². The Morgan fingerprint density at radius 3 is 1.90 bits per heavy atom. The molecule has 0 bridgehead atoms.